The summed E-state index contributed by atoms with van der Waals surface area (Å²) < 4.78 is 13.0. The van der Waals surface area contributed by atoms with Crippen LogP contribution in [-0.2, 0) is 16.0 Å². The molecule has 1 amide bonds. The van der Waals surface area contributed by atoms with Crippen LogP contribution in [0.2, 0.25) is 0 Å². The Hall–Kier alpha value is -3.16. The number of nitrogens with one attached hydrogen (secondary N) is 1. The van der Waals surface area contributed by atoms with E-state index in [2.05, 4.69) is 21.2 Å². The molecule has 3 aromatic carbocycles. The molecule has 33 heavy (non-hydrogen) atoms. The molecule has 0 unspecified atom stereocenters. The molecule has 0 saturated carbocycles. The van der Waals surface area contributed by atoms with Crippen LogP contribution in [0.15, 0.2) is 82.3 Å². The molecular weight excluding hydrogens is 484 g/mol. The van der Waals surface area contributed by atoms with Crippen molar-refractivity contribution in [1.82, 2.24) is 0 Å². The van der Waals surface area contributed by atoms with Crippen LogP contribution in [0.5, 0.6) is 5.75 Å². The van der Waals surface area contributed by atoms with E-state index in [1.54, 1.807) is 0 Å². The lowest BCUT2D eigenvalue weighted by molar-refractivity contribution is -0.124. The molecule has 6 nitrogen and oxygen atoms in total. The first-order chi connectivity index (χ1) is 16.1. The van der Waals surface area contributed by atoms with Gasteiger partial charge in [-0.15, -0.1) is 0 Å². The van der Waals surface area contributed by atoms with E-state index in [0.29, 0.717) is 31.1 Å². The van der Waals surface area contributed by atoms with Crippen LogP contribution in [0.25, 0.3) is 0 Å². The summed E-state index contributed by atoms with van der Waals surface area (Å²) in [7, 11) is 0. The van der Waals surface area contributed by atoms with Crippen molar-refractivity contribution in [1.29, 1.82) is 0 Å². The average molecular weight is 507 g/mol. The molecule has 0 spiro atoms. The minimum Gasteiger partial charge on any atom is -0.494 e. The van der Waals surface area contributed by atoms with Gasteiger partial charge in [-0.25, -0.2) is 4.99 Å². The number of ether oxygens (including phenoxy) is 2. The van der Waals surface area contributed by atoms with Gasteiger partial charge >= 0.3 is 0 Å². The third-order valence-corrected chi connectivity index (χ3v) is 6.44. The molecule has 168 valence electrons. The summed E-state index contributed by atoms with van der Waals surface area (Å²) in [4.78, 5) is 18.4. The predicted octanol–water partition coefficient (Wildman–Crippen LogP) is 4.66. The average Bonchev–Trinajstić information content (AvgIpc) is 3.23. The maximum absolute atomic E-state index is 13.5. The van der Waals surface area contributed by atoms with Crippen LogP contribution >= 0.6 is 15.9 Å². The normalized spacial score (nSPS) is 20.8. The lowest BCUT2D eigenvalue weighted by atomic mass is 9.79. The van der Waals surface area contributed by atoms with E-state index in [9.17, 15) is 4.79 Å². The molecule has 0 aromatic heterocycles. The van der Waals surface area contributed by atoms with Crippen molar-refractivity contribution in [3.63, 3.8) is 0 Å². The number of amides is 1. The SMILES string of the molecule is O=C1Nc2ccccc2[C@H]2OC(c3ccc(OCCCO)cc3)=N[C@@]12Cc1ccc(Br)cc1. The first-order valence-electron chi connectivity index (χ1n) is 10.8. The van der Waals surface area contributed by atoms with E-state index in [1.807, 2.05) is 72.8 Å². The minimum atomic E-state index is -1.10. The highest BCUT2D eigenvalue weighted by molar-refractivity contribution is 9.10. The molecule has 2 aliphatic heterocycles. The quantitative estimate of drug-likeness (QED) is 0.456. The molecule has 0 fully saturated rings. The zero-order chi connectivity index (χ0) is 22.8. The van der Waals surface area contributed by atoms with E-state index < -0.39 is 11.6 Å². The van der Waals surface area contributed by atoms with Crippen LogP contribution in [0.3, 0.4) is 0 Å². The highest BCUT2D eigenvalue weighted by atomic mass is 79.9. The van der Waals surface area contributed by atoms with Crippen molar-refractivity contribution in [3.05, 3.63) is 94.0 Å². The number of aliphatic hydroxyl groups is 1. The summed E-state index contributed by atoms with van der Waals surface area (Å²) >= 11 is 3.47. The number of nitrogens with zero attached hydrogens (tertiary/aromatic N) is 1. The number of carbonyl (C=O) groups excluding carboxylic acids is 1. The highest BCUT2D eigenvalue weighted by Crippen LogP contribution is 2.47. The Morgan fingerprint density at radius 2 is 1.82 bits per heavy atom. The second-order valence-electron chi connectivity index (χ2n) is 8.13. The second kappa shape index (κ2) is 9.00. The molecule has 2 aliphatic rings. The Labute approximate surface area is 200 Å². The molecule has 2 N–H and O–H groups in total. The zero-order valence-electron chi connectivity index (χ0n) is 17.8. The Morgan fingerprint density at radius 3 is 2.58 bits per heavy atom. The zero-order valence-corrected chi connectivity index (χ0v) is 19.4. The lowest BCUT2D eigenvalue weighted by Crippen LogP contribution is -2.49. The number of halogens is 1. The Bertz CT molecular complexity index is 1190. The lowest BCUT2D eigenvalue weighted by Gasteiger charge is -2.35. The number of aliphatic imine (C=N–C) groups is 1. The molecule has 0 bridgehead atoms. The van der Waals surface area contributed by atoms with E-state index in [0.717, 1.165) is 26.9 Å². The van der Waals surface area contributed by atoms with Crippen LogP contribution in [0.4, 0.5) is 5.69 Å². The molecule has 2 atom stereocenters. The Morgan fingerprint density at radius 1 is 1.06 bits per heavy atom. The molecule has 0 saturated heterocycles. The van der Waals surface area contributed by atoms with E-state index >= 15 is 0 Å². The van der Waals surface area contributed by atoms with Gasteiger partial charge < -0.3 is 19.9 Å². The van der Waals surface area contributed by atoms with E-state index in [4.69, 9.17) is 19.6 Å². The van der Waals surface area contributed by atoms with Crippen LogP contribution in [0.1, 0.15) is 29.2 Å². The molecular formula is C26H23BrN2O4. The van der Waals surface area contributed by atoms with Crippen LogP contribution in [-0.4, -0.2) is 35.7 Å². The first-order valence-corrected chi connectivity index (χ1v) is 11.6. The number of hydrogen-bond acceptors (Lipinski definition) is 5. The first kappa shape index (κ1) is 21.7. The fraction of sp³-hybridized carbons (Fsp3) is 0.231. The summed E-state index contributed by atoms with van der Waals surface area (Å²) in [5.41, 5.74) is 2.34. The molecule has 5 rings (SSSR count). The smallest absolute Gasteiger partial charge is 0.257 e. The van der Waals surface area contributed by atoms with E-state index in [1.165, 1.54) is 0 Å². The fourth-order valence-corrected chi connectivity index (χ4v) is 4.51. The van der Waals surface area contributed by atoms with Gasteiger partial charge in [0.05, 0.1) is 6.61 Å². The van der Waals surface area contributed by atoms with Crippen molar-refractivity contribution in [2.75, 3.05) is 18.5 Å². The molecule has 2 heterocycles. The van der Waals surface area contributed by atoms with Crippen LogP contribution in [0, 0.1) is 0 Å². The highest BCUT2D eigenvalue weighted by Gasteiger charge is 2.56. The van der Waals surface area contributed by atoms with Gasteiger partial charge in [0, 0.05) is 40.7 Å². The van der Waals surface area contributed by atoms with Gasteiger partial charge in [0.15, 0.2) is 11.6 Å². The van der Waals surface area contributed by atoms with Crippen molar-refractivity contribution < 1.29 is 19.4 Å². The minimum absolute atomic E-state index is 0.0914. The van der Waals surface area contributed by atoms with Gasteiger partial charge in [-0.05, 0) is 48.0 Å². The number of aliphatic hydroxyl groups excluding tert-OH is 1. The van der Waals surface area contributed by atoms with Crippen molar-refractivity contribution in [3.8, 4) is 5.75 Å². The number of fused-ring (bicyclic) bond motifs is 3. The fourth-order valence-electron chi connectivity index (χ4n) is 4.24. The number of carbonyl (C=O) groups is 1. The van der Waals surface area contributed by atoms with Gasteiger partial charge in [-0.2, -0.15) is 0 Å². The van der Waals surface area contributed by atoms with Crippen molar-refractivity contribution >= 4 is 33.4 Å². The standard InChI is InChI=1S/C26H23BrN2O4/c27-19-10-6-17(7-11-19)16-26-23(21-4-1-2-5-22(21)28-25(26)31)33-24(29-26)18-8-12-20(13-9-18)32-15-3-14-30/h1-2,4-13,23,30H,3,14-16H2,(H,28,31)/t23-,26-/m1/s1. The van der Waals surface area contributed by atoms with Gasteiger partial charge in [0.1, 0.15) is 5.75 Å². The maximum atomic E-state index is 13.5. The van der Waals surface area contributed by atoms with Gasteiger partial charge in [-0.1, -0.05) is 46.3 Å². The van der Waals surface area contributed by atoms with Gasteiger partial charge in [0.2, 0.25) is 5.90 Å². The van der Waals surface area contributed by atoms with Crippen molar-refractivity contribution in [2.24, 2.45) is 4.99 Å². The van der Waals surface area contributed by atoms with Crippen LogP contribution < -0.4 is 10.1 Å². The summed E-state index contributed by atoms with van der Waals surface area (Å²) in [6.45, 7) is 0.538. The number of benzene rings is 3. The predicted molar refractivity (Wildman–Crippen MR) is 130 cm³/mol. The molecule has 0 aliphatic carbocycles. The van der Waals surface area contributed by atoms with Gasteiger partial charge in [0.25, 0.3) is 5.91 Å². The van der Waals surface area contributed by atoms with E-state index in [-0.39, 0.29) is 12.5 Å². The summed E-state index contributed by atoms with van der Waals surface area (Å²) in [5, 5.41) is 12.0. The topological polar surface area (TPSA) is 80.2 Å². The molecule has 7 heteroatoms. The number of hydrogen-bond donors (Lipinski definition) is 2. The second-order valence-corrected chi connectivity index (χ2v) is 9.05. The monoisotopic (exact) mass is 506 g/mol. The summed E-state index contributed by atoms with van der Waals surface area (Å²) in [5.74, 6) is 0.967. The molecule has 0 radical (unpaired) electrons. The Balaban J connectivity index is 1.51. The maximum Gasteiger partial charge on any atom is 0.257 e. The van der Waals surface area contributed by atoms with Gasteiger partial charge in [-0.3, -0.25) is 4.79 Å². The summed E-state index contributed by atoms with van der Waals surface area (Å²) in [6, 6.07) is 23.1. The largest absolute Gasteiger partial charge is 0.494 e. The number of rotatable bonds is 7. The molecule has 3 aromatic rings. The third-order valence-electron chi connectivity index (χ3n) is 5.91. The number of anilines is 1. The third kappa shape index (κ3) is 4.14. The number of para-hydroxylation sites is 1. The summed E-state index contributed by atoms with van der Waals surface area (Å²) in [6.07, 6.45) is 0.463. The van der Waals surface area contributed by atoms with Crippen molar-refractivity contribution in [2.45, 2.75) is 24.5 Å². The Kier molecular flexibility index (Phi) is 5.91.